The fourth-order valence-electron chi connectivity index (χ4n) is 3.14. The lowest BCUT2D eigenvalue weighted by atomic mass is 9.98. The standard InChI is InChI=1S/C24H28N4O2/c1-3-18(2)27-23(29)13-15-25-24(30)22-8-5-4-7-21(22)20-11-9-19(10-12-20)17-28-16-6-14-26-28/h4-12,14,16,18H,3,13,15,17H2,1-2H3,(H,25,30)(H,27,29). The predicted octanol–water partition coefficient (Wildman–Crippen LogP) is 3.63. The highest BCUT2D eigenvalue weighted by Gasteiger charge is 2.13. The number of hydrogen-bond acceptors (Lipinski definition) is 3. The fraction of sp³-hybridized carbons (Fsp3) is 0.292. The average molecular weight is 405 g/mol. The largest absolute Gasteiger partial charge is 0.354 e. The third-order valence-electron chi connectivity index (χ3n) is 5.00. The summed E-state index contributed by atoms with van der Waals surface area (Å²) in [7, 11) is 0. The molecule has 30 heavy (non-hydrogen) atoms. The molecule has 1 aromatic heterocycles. The van der Waals surface area contributed by atoms with Gasteiger partial charge in [0.05, 0.1) is 6.54 Å². The van der Waals surface area contributed by atoms with Crippen molar-refractivity contribution in [2.24, 2.45) is 0 Å². The third-order valence-corrected chi connectivity index (χ3v) is 5.00. The molecule has 1 heterocycles. The minimum absolute atomic E-state index is 0.0503. The highest BCUT2D eigenvalue weighted by atomic mass is 16.2. The molecule has 3 rings (SSSR count). The molecule has 0 fully saturated rings. The number of amides is 2. The van der Waals surface area contributed by atoms with Crippen molar-refractivity contribution in [3.63, 3.8) is 0 Å². The minimum Gasteiger partial charge on any atom is -0.354 e. The summed E-state index contributed by atoms with van der Waals surface area (Å²) in [6.07, 6.45) is 4.83. The van der Waals surface area contributed by atoms with Crippen molar-refractivity contribution in [3.05, 3.63) is 78.1 Å². The number of hydrogen-bond donors (Lipinski definition) is 2. The fourth-order valence-corrected chi connectivity index (χ4v) is 3.14. The second-order valence-corrected chi connectivity index (χ2v) is 7.33. The Morgan fingerprint density at radius 2 is 1.83 bits per heavy atom. The van der Waals surface area contributed by atoms with E-state index in [2.05, 4.69) is 15.7 Å². The van der Waals surface area contributed by atoms with Crippen molar-refractivity contribution in [1.29, 1.82) is 0 Å². The summed E-state index contributed by atoms with van der Waals surface area (Å²) in [6.45, 7) is 4.99. The van der Waals surface area contributed by atoms with E-state index in [0.717, 1.165) is 23.1 Å². The average Bonchev–Trinajstić information content (AvgIpc) is 3.27. The maximum absolute atomic E-state index is 12.7. The summed E-state index contributed by atoms with van der Waals surface area (Å²) >= 11 is 0. The Morgan fingerprint density at radius 1 is 1.07 bits per heavy atom. The van der Waals surface area contributed by atoms with Crippen LogP contribution in [0, 0.1) is 0 Å². The molecular formula is C24H28N4O2. The van der Waals surface area contributed by atoms with Crippen LogP contribution in [-0.2, 0) is 11.3 Å². The first kappa shape index (κ1) is 21.3. The van der Waals surface area contributed by atoms with Gasteiger partial charge in [-0.15, -0.1) is 0 Å². The second-order valence-electron chi connectivity index (χ2n) is 7.33. The van der Waals surface area contributed by atoms with Gasteiger partial charge in [0.15, 0.2) is 0 Å². The summed E-state index contributed by atoms with van der Waals surface area (Å²) < 4.78 is 1.87. The maximum atomic E-state index is 12.7. The quantitative estimate of drug-likeness (QED) is 0.572. The molecule has 1 atom stereocenters. The van der Waals surface area contributed by atoms with E-state index in [0.29, 0.717) is 18.7 Å². The van der Waals surface area contributed by atoms with Crippen LogP contribution in [-0.4, -0.2) is 34.2 Å². The lowest BCUT2D eigenvalue weighted by Crippen LogP contribution is -2.35. The van der Waals surface area contributed by atoms with Crippen molar-refractivity contribution in [3.8, 4) is 11.1 Å². The van der Waals surface area contributed by atoms with Gasteiger partial charge < -0.3 is 10.6 Å². The Hall–Kier alpha value is -3.41. The Morgan fingerprint density at radius 3 is 2.53 bits per heavy atom. The zero-order valence-electron chi connectivity index (χ0n) is 17.5. The van der Waals surface area contributed by atoms with Gasteiger partial charge in [-0.05, 0) is 42.2 Å². The van der Waals surface area contributed by atoms with Gasteiger partial charge in [0.2, 0.25) is 5.91 Å². The number of benzene rings is 2. The van der Waals surface area contributed by atoms with Gasteiger partial charge in [0.1, 0.15) is 0 Å². The Bertz CT molecular complexity index is 965. The molecule has 0 saturated heterocycles. The number of nitrogens with one attached hydrogen (secondary N) is 2. The molecule has 3 aromatic rings. The first-order valence-corrected chi connectivity index (χ1v) is 10.3. The van der Waals surface area contributed by atoms with Gasteiger partial charge >= 0.3 is 0 Å². The summed E-state index contributed by atoms with van der Waals surface area (Å²) in [5, 5.41) is 9.99. The third kappa shape index (κ3) is 5.80. The van der Waals surface area contributed by atoms with Crippen LogP contribution in [0.15, 0.2) is 67.0 Å². The molecule has 0 aliphatic rings. The monoisotopic (exact) mass is 404 g/mol. The Balaban J connectivity index is 1.63. The lowest BCUT2D eigenvalue weighted by molar-refractivity contribution is -0.121. The van der Waals surface area contributed by atoms with E-state index in [1.165, 1.54) is 0 Å². The Labute approximate surface area is 177 Å². The number of carbonyl (C=O) groups is 2. The molecule has 2 N–H and O–H groups in total. The first-order valence-electron chi connectivity index (χ1n) is 10.3. The molecule has 0 bridgehead atoms. The van der Waals surface area contributed by atoms with Gasteiger partial charge in [-0.3, -0.25) is 14.3 Å². The van der Waals surface area contributed by atoms with Crippen LogP contribution in [0.5, 0.6) is 0 Å². The van der Waals surface area contributed by atoms with E-state index in [4.69, 9.17) is 0 Å². The molecule has 0 aliphatic heterocycles. The van der Waals surface area contributed by atoms with Crippen LogP contribution in [0.2, 0.25) is 0 Å². The summed E-state index contributed by atoms with van der Waals surface area (Å²) in [5.74, 6) is -0.228. The van der Waals surface area contributed by atoms with Crippen LogP contribution in [0.25, 0.3) is 11.1 Å². The van der Waals surface area contributed by atoms with E-state index in [1.807, 2.05) is 79.3 Å². The summed E-state index contributed by atoms with van der Waals surface area (Å²) in [4.78, 5) is 24.6. The van der Waals surface area contributed by atoms with Gasteiger partial charge in [-0.25, -0.2) is 0 Å². The molecule has 6 heteroatoms. The van der Waals surface area contributed by atoms with Gasteiger partial charge in [0, 0.05) is 37.0 Å². The zero-order valence-corrected chi connectivity index (χ0v) is 17.5. The lowest BCUT2D eigenvalue weighted by Gasteiger charge is -2.13. The van der Waals surface area contributed by atoms with Gasteiger partial charge in [0.25, 0.3) is 5.91 Å². The van der Waals surface area contributed by atoms with Crippen LogP contribution < -0.4 is 10.6 Å². The van der Waals surface area contributed by atoms with Crippen molar-refractivity contribution in [2.75, 3.05) is 6.54 Å². The van der Waals surface area contributed by atoms with Gasteiger partial charge in [-0.2, -0.15) is 5.10 Å². The molecule has 2 amide bonds. The smallest absolute Gasteiger partial charge is 0.251 e. The Kier molecular flexibility index (Phi) is 7.38. The maximum Gasteiger partial charge on any atom is 0.251 e. The van der Waals surface area contributed by atoms with Crippen molar-refractivity contribution in [2.45, 2.75) is 39.3 Å². The number of aromatic nitrogens is 2. The van der Waals surface area contributed by atoms with Crippen molar-refractivity contribution >= 4 is 11.8 Å². The minimum atomic E-state index is -0.178. The van der Waals surface area contributed by atoms with Crippen LogP contribution in [0.3, 0.4) is 0 Å². The van der Waals surface area contributed by atoms with Crippen LogP contribution in [0.1, 0.15) is 42.6 Å². The van der Waals surface area contributed by atoms with Crippen molar-refractivity contribution < 1.29 is 9.59 Å². The highest BCUT2D eigenvalue weighted by Crippen LogP contribution is 2.24. The van der Waals surface area contributed by atoms with E-state index in [-0.39, 0.29) is 24.3 Å². The highest BCUT2D eigenvalue weighted by molar-refractivity contribution is 6.01. The zero-order chi connectivity index (χ0) is 21.3. The van der Waals surface area contributed by atoms with Crippen LogP contribution in [0.4, 0.5) is 0 Å². The summed E-state index contributed by atoms with van der Waals surface area (Å²) in [6, 6.07) is 17.7. The van der Waals surface area contributed by atoms with E-state index < -0.39 is 0 Å². The molecule has 0 saturated carbocycles. The van der Waals surface area contributed by atoms with Crippen LogP contribution >= 0.6 is 0 Å². The number of carbonyl (C=O) groups excluding carboxylic acids is 2. The molecule has 0 radical (unpaired) electrons. The molecule has 156 valence electrons. The summed E-state index contributed by atoms with van der Waals surface area (Å²) in [5.41, 5.74) is 3.57. The molecular weight excluding hydrogens is 376 g/mol. The molecule has 0 spiro atoms. The first-order chi connectivity index (χ1) is 14.6. The molecule has 6 nitrogen and oxygen atoms in total. The molecule has 0 aliphatic carbocycles. The second kappa shape index (κ2) is 10.4. The molecule has 1 unspecified atom stereocenters. The predicted molar refractivity (Wildman–Crippen MR) is 118 cm³/mol. The van der Waals surface area contributed by atoms with E-state index >= 15 is 0 Å². The normalized spacial score (nSPS) is 11.7. The number of rotatable bonds is 9. The SMILES string of the molecule is CCC(C)NC(=O)CCNC(=O)c1ccccc1-c1ccc(Cn2cccn2)cc1. The van der Waals surface area contributed by atoms with E-state index in [9.17, 15) is 9.59 Å². The topological polar surface area (TPSA) is 76.0 Å². The van der Waals surface area contributed by atoms with E-state index in [1.54, 1.807) is 6.20 Å². The molecule has 2 aromatic carbocycles. The van der Waals surface area contributed by atoms with Gasteiger partial charge in [-0.1, -0.05) is 49.4 Å². The van der Waals surface area contributed by atoms with Crippen molar-refractivity contribution in [1.82, 2.24) is 20.4 Å². The number of nitrogens with zero attached hydrogens (tertiary/aromatic N) is 2.